The molecule has 1 saturated heterocycles. The molecule has 0 saturated carbocycles. The number of hydrogen-bond donors (Lipinski definition) is 1. The molecule has 1 atom stereocenters. The second kappa shape index (κ2) is 8.41. The number of benzene rings is 1. The predicted molar refractivity (Wildman–Crippen MR) is 103 cm³/mol. The van der Waals surface area contributed by atoms with Gasteiger partial charge < -0.3 is 10.1 Å². The molecule has 0 spiro atoms. The van der Waals surface area contributed by atoms with Gasteiger partial charge in [0.15, 0.2) is 0 Å². The third-order valence-corrected chi connectivity index (χ3v) is 4.94. The number of rotatable bonds is 4. The van der Waals surface area contributed by atoms with Crippen LogP contribution in [0.3, 0.4) is 0 Å². The SMILES string of the molecule is CCC(NC(=O)OC(C)(C)C)N1CCC(C#N)(c2ccccc2C#N)CC1. The average Bonchev–Trinajstić information content (AvgIpc) is 2.65. The van der Waals surface area contributed by atoms with Crippen molar-refractivity contribution in [1.29, 1.82) is 10.5 Å². The number of ether oxygens (including phenoxy) is 1. The fourth-order valence-electron chi connectivity index (χ4n) is 3.55. The van der Waals surface area contributed by atoms with Gasteiger partial charge in [-0.1, -0.05) is 25.1 Å². The number of nitrogens with zero attached hydrogens (tertiary/aromatic N) is 3. The van der Waals surface area contributed by atoms with E-state index in [1.165, 1.54) is 0 Å². The Bertz CT molecular complexity index is 747. The number of nitrogens with one attached hydrogen (secondary N) is 1. The first kappa shape index (κ1) is 20.7. The molecule has 1 aliphatic rings. The van der Waals surface area contributed by atoms with Crippen LogP contribution in [0.2, 0.25) is 0 Å². The van der Waals surface area contributed by atoms with Crippen LogP contribution in [0.1, 0.15) is 58.1 Å². The Morgan fingerprint density at radius 2 is 1.93 bits per heavy atom. The number of amides is 1. The summed E-state index contributed by atoms with van der Waals surface area (Å²) >= 11 is 0. The Morgan fingerprint density at radius 1 is 1.30 bits per heavy atom. The van der Waals surface area contributed by atoms with Crippen molar-refractivity contribution in [1.82, 2.24) is 10.2 Å². The number of carbonyl (C=O) groups excluding carboxylic acids is 1. The van der Waals surface area contributed by atoms with E-state index in [4.69, 9.17) is 4.74 Å². The summed E-state index contributed by atoms with van der Waals surface area (Å²) in [6.07, 6.45) is 1.42. The average molecular weight is 368 g/mol. The van der Waals surface area contributed by atoms with E-state index in [9.17, 15) is 15.3 Å². The molecule has 1 heterocycles. The summed E-state index contributed by atoms with van der Waals surface area (Å²) in [5.74, 6) is 0. The number of likely N-dealkylation sites (tertiary alicyclic amines) is 1. The zero-order valence-corrected chi connectivity index (χ0v) is 16.6. The van der Waals surface area contributed by atoms with Gasteiger partial charge in [0.2, 0.25) is 0 Å². The van der Waals surface area contributed by atoms with Crippen LogP contribution in [0.15, 0.2) is 24.3 Å². The lowest BCUT2D eigenvalue weighted by molar-refractivity contribution is 0.0368. The van der Waals surface area contributed by atoms with Crippen molar-refractivity contribution in [2.75, 3.05) is 13.1 Å². The van der Waals surface area contributed by atoms with Crippen molar-refractivity contribution < 1.29 is 9.53 Å². The van der Waals surface area contributed by atoms with Crippen molar-refractivity contribution in [3.05, 3.63) is 35.4 Å². The summed E-state index contributed by atoms with van der Waals surface area (Å²) in [5.41, 5.74) is 0.170. The number of piperidine rings is 1. The number of hydrogen-bond acceptors (Lipinski definition) is 5. The highest BCUT2D eigenvalue weighted by molar-refractivity contribution is 5.68. The number of alkyl carbamates (subject to hydrolysis) is 1. The van der Waals surface area contributed by atoms with Crippen LogP contribution in [0, 0.1) is 22.7 Å². The molecule has 1 aromatic carbocycles. The predicted octanol–water partition coefficient (Wildman–Crippen LogP) is 3.68. The molecule has 1 unspecified atom stereocenters. The maximum Gasteiger partial charge on any atom is 0.408 e. The van der Waals surface area contributed by atoms with E-state index in [1.54, 1.807) is 6.07 Å². The van der Waals surface area contributed by atoms with Crippen molar-refractivity contribution in [3.63, 3.8) is 0 Å². The standard InChI is InChI=1S/C21H28N4O2/c1-5-18(24-19(26)27-20(2,3)4)25-12-10-21(15-23,11-13-25)17-9-7-6-8-16(17)14-22/h6-9,18H,5,10-13H2,1-4H3,(H,24,26). The lowest BCUT2D eigenvalue weighted by Crippen LogP contribution is -2.53. The smallest absolute Gasteiger partial charge is 0.408 e. The third-order valence-electron chi connectivity index (χ3n) is 4.94. The Labute approximate surface area is 161 Å². The largest absolute Gasteiger partial charge is 0.444 e. The van der Waals surface area contributed by atoms with Gasteiger partial charge in [-0.3, -0.25) is 4.90 Å². The van der Waals surface area contributed by atoms with Crippen LogP contribution in [-0.4, -0.2) is 35.8 Å². The molecule has 0 radical (unpaired) electrons. The Hall–Kier alpha value is -2.57. The lowest BCUT2D eigenvalue weighted by atomic mass is 9.72. The quantitative estimate of drug-likeness (QED) is 0.876. The van der Waals surface area contributed by atoms with Gasteiger partial charge in [-0.2, -0.15) is 10.5 Å². The second-order valence-corrected chi connectivity index (χ2v) is 7.96. The monoisotopic (exact) mass is 368 g/mol. The minimum Gasteiger partial charge on any atom is -0.444 e. The first-order valence-corrected chi connectivity index (χ1v) is 9.39. The topological polar surface area (TPSA) is 89.2 Å². The van der Waals surface area contributed by atoms with Crippen LogP contribution in [0.25, 0.3) is 0 Å². The number of nitriles is 2. The highest BCUT2D eigenvalue weighted by atomic mass is 16.6. The molecular formula is C21H28N4O2. The second-order valence-electron chi connectivity index (χ2n) is 7.96. The number of carbonyl (C=O) groups is 1. The molecule has 1 aromatic rings. The van der Waals surface area contributed by atoms with Gasteiger partial charge in [0.1, 0.15) is 5.60 Å². The summed E-state index contributed by atoms with van der Waals surface area (Å²) in [7, 11) is 0. The van der Waals surface area contributed by atoms with Crippen LogP contribution < -0.4 is 5.32 Å². The summed E-state index contributed by atoms with van der Waals surface area (Å²) in [5, 5.41) is 22.2. The maximum absolute atomic E-state index is 12.1. The van der Waals surface area contributed by atoms with Gasteiger partial charge in [-0.25, -0.2) is 4.79 Å². The zero-order chi connectivity index (χ0) is 20.1. The molecule has 0 aromatic heterocycles. The molecule has 0 aliphatic carbocycles. The van der Waals surface area contributed by atoms with Crippen LogP contribution in [0.4, 0.5) is 4.79 Å². The van der Waals surface area contributed by atoms with E-state index in [0.717, 1.165) is 12.0 Å². The third kappa shape index (κ3) is 4.99. The zero-order valence-electron chi connectivity index (χ0n) is 16.6. The molecular weight excluding hydrogens is 340 g/mol. The van der Waals surface area contributed by atoms with Gasteiger partial charge in [0.05, 0.1) is 29.3 Å². The van der Waals surface area contributed by atoms with Crippen LogP contribution in [-0.2, 0) is 10.2 Å². The summed E-state index contributed by atoms with van der Waals surface area (Å²) < 4.78 is 5.36. The fraction of sp³-hybridized carbons (Fsp3) is 0.571. The van der Waals surface area contributed by atoms with Crippen LogP contribution in [0.5, 0.6) is 0 Å². The van der Waals surface area contributed by atoms with E-state index < -0.39 is 17.1 Å². The first-order valence-electron chi connectivity index (χ1n) is 9.39. The Morgan fingerprint density at radius 3 is 2.44 bits per heavy atom. The summed E-state index contributed by atoms with van der Waals surface area (Å²) in [4.78, 5) is 14.3. The molecule has 6 nitrogen and oxygen atoms in total. The molecule has 27 heavy (non-hydrogen) atoms. The van der Waals surface area contributed by atoms with Gasteiger partial charge in [0.25, 0.3) is 0 Å². The Kier molecular flexibility index (Phi) is 6.46. The summed E-state index contributed by atoms with van der Waals surface area (Å²) in [6.45, 7) is 8.86. The normalized spacial score (nSPS) is 18.0. The molecule has 0 bridgehead atoms. The van der Waals surface area contributed by atoms with Crippen molar-refractivity contribution in [3.8, 4) is 12.1 Å². The molecule has 1 fully saturated rings. The van der Waals surface area contributed by atoms with Crippen molar-refractivity contribution in [2.24, 2.45) is 0 Å². The van der Waals surface area contributed by atoms with Gasteiger partial charge in [-0.15, -0.1) is 0 Å². The van der Waals surface area contributed by atoms with Gasteiger partial charge in [-0.05, 0) is 51.7 Å². The molecule has 1 amide bonds. The highest BCUT2D eigenvalue weighted by Crippen LogP contribution is 2.37. The first-order chi connectivity index (χ1) is 12.7. The van der Waals surface area contributed by atoms with Gasteiger partial charge >= 0.3 is 6.09 Å². The molecule has 144 valence electrons. The molecule has 1 aliphatic heterocycles. The maximum atomic E-state index is 12.1. The molecule has 6 heteroatoms. The minimum absolute atomic E-state index is 0.136. The lowest BCUT2D eigenvalue weighted by Gasteiger charge is -2.41. The molecule has 1 N–H and O–H groups in total. The molecule has 2 rings (SSSR count). The van der Waals surface area contributed by atoms with E-state index in [1.807, 2.05) is 45.9 Å². The van der Waals surface area contributed by atoms with E-state index >= 15 is 0 Å². The van der Waals surface area contributed by atoms with E-state index in [2.05, 4.69) is 22.4 Å². The fourth-order valence-corrected chi connectivity index (χ4v) is 3.55. The van der Waals surface area contributed by atoms with Crippen molar-refractivity contribution >= 4 is 6.09 Å². The van der Waals surface area contributed by atoms with Crippen LogP contribution >= 0.6 is 0 Å². The Balaban J connectivity index is 2.09. The summed E-state index contributed by atoms with van der Waals surface area (Å²) in [6, 6.07) is 12.0. The van der Waals surface area contributed by atoms with E-state index in [0.29, 0.717) is 31.5 Å². The van der Waals surface area contributed by atoms with Crippen molar-refractivity contribution in [2.45, 2.75) is 64.1 Å². The van der Waals surface area contributed by atoms with E-state index in [-0.39, 0.29) is 6.17 Å². The highest BCUT2D eigenvalue weighted by Gasteiger charge is 2.39. The van der Waals surface area contributed by atoms with Gasteiger partial charge in [0, 0.05) is 13.1 Å². The minimum atomic E-state index is -0.660.